The Morgan fingerprint density at radius 3 is 1.62 bits per heavy atom. The van der Waals surface area contributed by atoms with Crippen LogP contribution >= 0.6 is 0 Å². The predicted molar refractivity (Wildman–Crippen MR) is 104 cm³/mol. The van der Waals surface area contributed by atoms with Gasteiger partial charge in [-0.2, -0.15) is 6.08 Å². The summed E-state index contributed by atoms with van der Waals surface area (Å²) >= 11 is 1.55. The van der Waals surface area contributed by atoms with Gasteiger partial charge >= 0.3 is 41.3 Å². The molecular formula is C23H24Cl2Zr-2. The molecule has 3 aromatic carbocycles. The minimum Gasteiger partial charge on any atom is -1.00 e. The zero-order valence-corrected chi connectivity index (χ0v) is 19.7. The first kappa shape index (κ1) is 25.1. The fourth-order valence-electron chi connectivity index (χ4n) is 2.55. The van der Waals surface area contributed by atoms with Crippen molar-refractivity contribution in [2.24, 2.45) is 0 Å². The third-order valence-electron chi connectivity index (χ3n) is 3.89. The van der Waals surface area contributed by atoms with Crippen molar-refractivity contribution in [3.63, 3.8) is 0 Å². The van der Waals surface area contributed by atoms with Gasteiger partial charge < -0.3 is 24.8 Å². The molecule has 3 heteroatoms. The number of halogens is 2. The van der Waals surface area contributed by atoms with Gasteiger partial charge in [0, 0.05) is 0 Å². The van der Waals surface area contributed by atoms with Crippen LogP contribution in [0.25, 0.3) is 21.5 Å². The molecule has 0 amide bonds. The zero-order valence-electron chi connectivity index (χ0n) is 15.7. The zero-order chi connectivity index (χ0) is 17.5. The number of benzene rings is 2. The summed E-state index contributed by atoms with van der Waals surface area (Å²) in [6.45, 7) is 8.46. The SMILES string of the molecule is CC1=[C-]CC=C1C.C[C](C)=[Zr+2].[Cl-].[Cl-].c1ccc2c(c1)[cH-]c1ccccc12. The Morgan fingerprint density at radius 1 is 0.885 bits per heavy atom. The van der Waals surface area contributed by atoms with Gasteiger partial charge in [-0.1, -0.05) is 43.3 Å². The first-order valence-corrected chi connectivity index (χ1v) is 9.51. The van der Waals surface area contributed by atoms with Gasteiger partial charge in [-0.3, -0.25) is 6.08 Å². The Bertz CT molecular complexity index is 830. The monoisotopic (exact) mass is 460 g/mol. The van der Waals surface area contributed by atoms with Crippen molar-refractivity contribution in [1.29, 1.82) is 0 Å². The molecule has 4 rings (SSSR count). The van der Waals surface area contributed by atoms with Crippen molar-refractivity contribution in [3.05, 3.63) is 77.9 Å². The topological polar surface area (TPSA) is 0 Å². The van der Waals surface area contributed by atoms with Crippen LogP contribution in [0, 0.1) is 6.08 Å². The smallest absolute Gasteiger partial charge is 0.0771 e. The summed E-state index contributed by atoms with van der Waals surface area (Å²) in [5.41, 5.74) is 2.71. The van der Waals surface area contributed by atoms with Crippen molar-refractivity contribution in [2.75, 3.05) is 0 Å². The average Bonchev–Trinajstić information content (AvgIpc) is 3.11. The van der Waals surface area contributed by atoms with Crippen LogP contribution in [-0.4, -0.2) is 3.21 Å². The summed E-state index contributed by atoms with van der Waals surface area (Å²) < 4.78 is 1.51. The summed E-state index contributed by atoms with van der Waals surface area (Å²) in [5.74, 6) is 0. The summed E-state index contributed by atoms with van der Waals surface area (Å²) in [4.78, 5) is 0. The first-order valence-electron chi connectivity index (χ1n) is 8.28. The molecule has 0 heterocycles. The van der Waals surface area contributed by atoms with Crippen LogP contribution in [0.2, 0.25) is 0 Å². The van der Waals surface area contributed by atoms with E-state index < -0.39 is 0 Å². The van der Waals surface area contributed by atoms with Crippen LogP contribution in [0.15, 0.2) is 71.8 Å². The predicted octanol–water partition coefficient (Wildman–Crippen LogP) is 0.551. The molecule has 0 aromatic heterocycles. The summed E-state index contributed by atoms with van der Waals surface area (Å²) in [6, 6.07) is 19.3. The van der Waals surface area contributed by atoms with E-state index in [-0.39, 0.29) is 24.8 Å². The normalized spacial score (nSPS) is 11.8. The van der Waals surface area contributed by atoms with E-state index in [1.165, 1.54) is 35.9 Å². The van der Waals surface area contributed by atoms with E-state index in [0.717, 1.165) is 6.42 Å². The summed E-state index contributed by atoms with van der Waals surface area (Å²) in [7, 11) is 0. The Morgan fingerprint density at radius 2 is 1.31 bits per heavy atom. The maximum Gasteiger partial charge on any atom is -0.0771 e. The van der Waals surface area contributed by atoms with E-state index in [1.54, 1.807) is 24.2 Å². The second-order valence-electron chi connectivity index (χ2n) is 6.21. The van der Waals surface area contributed by atoms with Crippen LogP contribution in [0.5, 0.6) is 0 Å². The standard InChI is InChI=1S/C13H9.C7H9.C3H6.2ClH.Zr/c1-3-7-12-10(5-1)9-11-6-2-4-8-13(11)12;1-6-4-3-5-7(6)2;1-3-2;;;/h1-9H;4H,3H2,1-2H3;1-2H3;2*1H;/q2*-1;;;;+2/p-2. The molecule has 0 nitrogen and oxygen atoms in total. The van der Waals surface area contributed by atoms with Crippen LogP contribution in [0.1, 0.15) is 34.1 Å². The largest absolute Gasteiger partial charge is 1.00 e. The number of hydrogen-bond acceptors (Lipinski definition) is 0. The number of fused-ring (bicyclic) bond motifs is 3. The molecule has 0 N–H and O–H groups in total. The van der Waals surface area contributed by atoms with E-state index in [1.807, 2.05) is 0 Å². The maximum absolute atomic E-state index is 3.19. The van der Waals surface area contributed by atoms with E-state index in [2.05, 4.69) is 94.4 Å². The van der Waals surface area contributed by atoms with E-state index in [4.69, 9.17) is 0 Å². The molecule has 136 valence electrons. The molecule has 0 saturated carbocycles. The van der Waals surface area contributed by atoms with E-state index >= 15 is 0 Å². The molecule has 0 radical (unpaired) electrons. The van der Waals surface area contributed by atoms with E-state index in [0.29, 0.717) is 0 Å². The number of rotatable bonds is 0. The minimum atomic E-state index is 0. The molecule has 0 saturated heterocycles. The summed E-state index contributed by atoms with van der Waals surface area (Å²) in [6.07, 6.45) is 6.41. The number of hydrogen-bond donors (Lipinski definition) is 0. The van der Waals surface area contributed by atoms with Gasteiger partial charge in [-0.15, -0.1) is 53.1 Å². The Kier molecular flexibility index (Phi) is 12.1. The third kappa shape index (κ3) is 7.39. The Labute approximate surface area is 184 Å². The van der Waals surface area contributed by atoms with Crippen molar-refractivity contribution >= 4 is 24.8 Å². The molecular weight excluding hydrogens is 438 g/mol. The minimum absolute atomic E-state index is 0. The van der Waals surface area contributed by atoms with Gasteiger partial charge in [-0.25, -0.2) is 11.1 Å². The third-order valence-corrected chi connectivity index (χ3v) is 3.89. The fourth-order valence-corrected chi connectivity index (χ4v) is 2.55. The fraction of sp³-hybridized carbons (Fsp3) is 0.217. The molecule has 26 heavy (non-hydrogen) atoms. The summed E-state index contributed by atoms with van der Waals surface area (Å²) in [5, 5.41) is 5.39. The molecule has 0 bridgehead atoms. The maximum atomic E-state index is 3.19. The van der Waals surface area contributed by atoms with Crippen molar-refractivity contribution in [3.8, 4) is 0 Å². The Balaban J connectivity index is 0.000000415. The quantitative estimate of drug-likeness (QED) is 0.428. The number of allylic oxidation sites excluding steroid dienone is 4. The molecule has 0 atom stereocenters. The second kappa shape index (κ2) is 12.5. The average molecular weight is 463 g/mol. The van der Waals surface area contributed by atoms with Gasteiger partial charge in [0.15, 0.2) is 0 Å². The van der Waals surface area contributed by atoms with Crippen molar-refractivity contribution in [1.82, 2.24) is 0 Å². The van der Waals surface area contributed by atoms with Crippen molar-refractivity contribution in [2.45, 2.75) is 34.1 Å². The molecule has 1 aliphatic carbocycles. The van der Waals surface area contributed by atoms with Gasteiger partial charge in [0.25, 0.3) is 0 Å². The second-order valence-corrected chi connectivity index (χ2v) is 8.67. The molecule has 3 aromatic rings. The molecule has 0 fully saturated rings. The van der Waals surface area contributed by atoms with Crippen molar-refractivity contribution < 1.29 is 49.0 Å². The molecule has 0 aliphatic heterocycles. The van der Waals surface area contributed by atoms with Crippen LogP contribution in [0.4, 0.5) is 0 Å². The first-order chi connectivity index (χ1) is 11.5. The van der Waals surface area contributed by atoms with Crippen LogP contribution < -0.4 is 24.8 Å². The van der Waals surface area contributed by atoms with Crippen LogP contribution in [-0.2, 0) is 24.2 Å². The van der Waals surface area contributed by atoms with Gasteiger partial charge in [-0.05, 0) is 0 Å². The van der Waals surface area contributed by atoms with Gasteiger partial charge in [0.2, 0.25) is 0 Å². The van der Waals surface area contributed by atoms with Crippen LogP contribution in [0.3, 0.4) is 0 Å². The van der Waals surface area contributed by atoms with Gasteiger partial charge in [0.05, 0.1) is 0 Å². The molecule has 0 spiro atoms. The van der Waals surface area contributed by atoms with Gasteiger partial charge in [0.1, 0.15) is 0 Å². The Hall–Kier alpha value is -0.877. The van der Waals surface area contributed by atoms with E-state index in [9.17, 15) is 0 Å². The molecule has 0 unspecified atom stereocenters. The molecule has 1 aliphatic rings.